The van der Waals surface area contributed by atoms with Crippen LogP contribution in [0.15, 0.2) is 143 Å². The highest BCUT2D eigenvalue weighted by Crippen LogP contribution is 2.57. The number of piperidine rings is 1. The number of hydrogen-bond donors (Lipinski definition) is 0. The van der Waals surface area contributed by atoms with Crippen LogP contribution in [0.25, 0.3) is 6.08 Å². The fraction of sp³-hybridized carbons (Fsp3) is 0.171. The largest absolute Gasteiger partial charge is 0.422 e. The number of rotatable bonds is 6. The van der Waals surface area contributed by atoms with E-state index in [2.05, 4.69) is 29.1 Å². The van der Waals surface area contributed by atoms with E-state index in [-0.39, 0.29) is 11.9 Å². The normalized spacial score (nSPS) is 24.2. The van der Waals surface area contributed by atoms with Gasteiger partial charge in [0, 0.05) is 49.4 Å². The van der Waals surface area contributed by atoms with Crippen molar-refractivity contribution in [2.75, 3.05) is 13.1 Å². The molecule has 256 valence electrons. The molecule has 3 aliphatic heterocycles. The van der Waals surface area contributed by atoms with E-state index in [1.165, 1.54) is 0 Å². The summed E-state index contributed by atoms with van der Waals surface area (Å²) in [4.78, 5) is 15.9. The molecular weight excluding hydrogens is 724 g/mol. The summed E-state index contributed by atoms with van der Waals surface area (Å²) in [5.74, 6) is -1.95. The molecule has 0 radical (unpaired) electrons. The van der Waals surface area contributed by atoms with Crippen LogP contribution in [-0.4, -0.2) is 41.0 Å². The molecule has 5 aromatic carbocycles. The lowest BCUT2D eigenvalue weighted by molar-refractivity contribution is -0.279. The maximum Gasteiger partial charge on any atom is 0.346 e. The number of fused-ring (bicyclic) bond motifs is 1. The van der Waals surface area contributed by atoms with Gasteiger partial charge in [0.15, 0.2) is 0 Å². The van der Waals surface area contributed by atoms with Crippen LogP contribution in [0.2, 0.25) is 20.1 Å². The van der Waals surface area contributed by atoms with Crippen molar-refractivity contribution in [2.45, 2.75) is 30.3 Å². The molecule has 4 atom stereocenters. The Morgan fingerprint density at radius 3 is 2.02 bits per heavy atom. The van der Waals surface area contributed by atoms with Gasteiger partial charge in [0.2, 0.25) is 5.60 Å². The third-order valence-corrected chi connectivity index (χ3v) is 11.0. The van der Waals surface area contributed by atoms with Crippen molar-refractivity contribution >= 4 is 64.1 Å². The Hall–Kier alpha value is -4.30. The van der Waals surface area contributed by atoms with E-state index in [0.29, 0.717) is 44.5 Å². The lowest BCUT2D eigenvalue weighted by Gasteiger charge is -2.52. The minimum atomic E-state index is -1.63. The highest BCUT2D eigenvalue weighted by Gasteiger charge is 2.74. The van der Waals surface area contributed by atoms with Gasteiger partial charge in [-0.15, -0.1) is 0 Å². The molecule has 2 spiro atoms. The standard InChI is InChI=1S/C41H31Cl4N3O3/c1-26(27-9-3-2-4-10-27)48-24-31(23-30-11-5-7-13-35(30)44)41(49-39(47-51-41)29-17-21-33(43)22-18-29)40(25-48)37(34-12-6-8-14-36(34)45)38(46-50-40)28-15-19-32(42)20-16-28/h2-23,26,37H,24-25H2,1H3/b31-23+/t26-,37-,40-,41+/m1/s1. The van der Waals surface area contributed by atoms with Crippen molar-refractivity contribution in [1.82, 2.24) is 4.90 Å². The second-order valence-electron chi connectivity index (χ2n) is 12.8. The quantitative estimate of drug-likeness (QED) is 0.173. The van der Waals surface area contributed by atoms with Crippen molar-refractivity contribution in [3.05, 3.63) is 181 Å². The van der Waals surface area contributed by atoms with E-state index in [0.717, 1.165) is 27.8 Å². The minimum Gasteiger partial charge on any atom is -0.422 e. The van der Waals surface area contributed by atoms with Crippen molar-refractivity contribution in [1.29, 1.82) is 0 Å². The van der Waals surface area contributed by atoms with Crippen molar-refractivity contribution in [2.24, 2.45) is 10.3 Å². The van der Waals surface area contributed by atoms with Crippen LogP contribution >= 0.6 is 46.4 Å². The molecule has 0 unspecified atom stereocenters. The Labute approximate surface area is 316 Å². The fourth-order valence-electron chi connectivity index (χ4n) is 7.24. The second kappa shape index (κ2) is 13.7. The predicted octanol–water partition coefficient (Wildman–Crippen LogP) is 10.8. The van der Waals surface area contributed by atoms with Crippen molar-refractivity contribution < 1.29 is 14.4 Å². The number of benzene rings is 5. The van der Waals surface area contributed by atoms with Gasteiger partial charge in [0.1, 0.15) is 0 Å². The van der Waals surface area contributed by atoms with E-state index in [9.17, 15) is 0 Å². The van der Waals surface area contributed by atoms with Gasteiger partial charge in [-0.05, 0) is 83.4 Å². The summed E-state index contributed by atoms with van der Waals surface area (Å²) in [6.45, 7) is 2.94. The number of nitrogens with zero attached hydrogens (tertiary/aromatic N) is 3. The lowest BCUT2D eigenvalue weighted by Crippen LogP contribution is -2.70. The molecule has 8 rings (SSSR count). The summed E-state index contributed by atoms with van der Waals surface area (Å²) >= 11 is 26.6. The van der Waals surface area contributed by atoms with Gasteiger partial charge in [-0.3, -0.25) is 4.90 Å². The van der Waals surface area contributed by atoms with E-state index in [4.69, 9.17) is 66.0 Å². The average molecular weight is 756 g/mol. The molecule has 0 N–H and O–H groups in total. The van der Waals surface area contributed by atoms with Crippen LogP contribution in [0, 0.1) is 0 Å². The number of ether oxygens (including phenoxy) is 1. The smallest absolute Gasteiger partial charge is 0.346 e. The van der Waals surface area contributed by atoms with Gasteiger partial charge >= 0.3 is 5.79 Å². The molecule has 0 amide bonds. The van der Waals surface area contributed by atoms with Crippen molar-refractivity contribution in [3.63, 3.8) is 0 Å². The van der Waals surface area contributed by atoms with E-state index in [1.54, 1.807) is 12.1 Å². The first-order valence-corrected chi connectivity index (χ1v) is 18.0. The lowest BCUT2D eigenvalue weighted by atomic mass is 9.68. The molecule has 0 aromatic heterocycles. The predicted molar refractivity (Wildman–Crippen MR) is 205 cm³/mol. The van der Waals surface area contributed by atoms with E-state index >= 15 is 0 Å². The zero-order valence-electron chi connectivity index (χ0n) is 27.3. The molecule has 3 heterocycles. The Bertz CT molecular complexity index is 2180. The Morgan fingerprint density at radius 1 is 0.706 bits per heavy atom. The first-order valence-electron chi connectivity index (χ1n) is 16.5. The average Bonchev–Trinajstić information content (AvgIpc) is 3.76. The van der Waals surface area contributed by atoms with Crippen LogP contribution in [0.4, 0.5) is 0 Å². The molecular formula is C41H31Cl4N3O3. The van der Waals surface area contributed by atoms with Crippen LogP contribution in [0.1, 0.15) is 46.7 Å². The molecule has 6 nitrogen and oxygen atoms in total. The second-order valence-corrected chi connectivity index (χ2v) is 14.5. The Kier molecular flexibility index (Phi) is 9.07. The first kappa shape index (κ1) is 33.8. The summed E-state index contributed by atoms with van der Waals surface area (Å²) in [7, 11) is 0. The number of oxime groups is 2. The number of likely N-dealkylation sites (tertiary alicyclic amines) is 1. The van der Waals surface area contributed by atoms with Crippen LogP contribution in [-0.2, 0) is 14.4 Å². The van der Waals surface area contributed by atoms with Gasteiger partial charge in [-0.1, -0.05) is 130 Å². The van der Waals surface area contributed by atoms with Gasteiger partial charge in [0.25, 0.3) is 5.90 Å². The molecule has 5 aromatic rings. The maximum absolute atomic E-state index is 7.10. The molecule has 0 aliphatic carbocycles. The minimum absolute atomic E-state index is 0.0526. The van der Waals surface area contributed by atoms with Crippen LogP contribution in [0.5, 0.6) is 0 Å². The summed E-state index contributed by atoms with van der Waals surface area (Å²) in [5, 5.41) is 11.8. The summed E-state index contributed by atoms with van der Waals surface area (Å²) in [6, 6.07) is 40.5. The molecule has 3 aliphatic rings. The zero-order valence-corrected chi connectivity index (χ0v) is 30.4. The Balaban J connectivity index is 1.38. The number of hydrogen-bond acceptors (Lipinski definition) is 6. The van der Waals surface area contributed by atoms with Gasteiger partial charge < -0.3 is 14.4 Å². The van der Waals surface area contributed by atoms with Crippen LogP contribution in [0.3, 0.4) is 0 Å². The third-order valence-electron chi connectivity index (χ3n) is 9.85. The topological polar surface area (TPSA) is 55.7 Å². The monoisotopic (exact) mass is 753 g/mol. The molecule has 51 heavy (non-hydrogen) atoms. The van der Waals surface area contributed by atoms with Crippen molar-refractivity contribution in [3.8, 4) is 0 Å². The highest BCUT2D eigenvalue weighted by molar-refractivity contribution is 6.32. The third kappa shape index (κ3) is 5.99. The molecule has 1 saturated heterocycles. The zero-order chi connectivity index (χ0) is 35.2. The van der Waals surface area contributed by atoms with E-state index in [1.807, 2.05) is 109 Å². The molecule has 0 saturated carbocycles. The first-order chi connectivity index (χ1) is 24.8. The molecule has 10 heteroatoms. The number of halogens is 4. The molecule has 0 bridgehead atoms. The summed E-state index contributed by atoms with van der Waals surface area (Å²) in [6.07, 6.45) is 2.02. The molecule has 1 fully saturated rings. The fourth-order valence-corrected chi connectivity index (χ4v) is 7.93. The van der Waals surface area contributed by atoms with Gasteiger partial charge in [0.05, 0.1) is 18.2 Å². The van der Waals surface area contributed by atoms with Gasteiger partial charge in [-0.2, -0.15) is 0 Å². The maximum atomic E-state index is 7.10. The Morgan fingerprint density at radius 2 is 1.33 bits per heavy atom. The summed E-state index contributed by atoms with van der Waals surface area (Å²) in [5.41, 5.74) is 4.24. The van der Waals surface area contributed by atoms with E-state index < -0.39 is 17.3 Å². The SMILES string of the molecule is C[C@H](c1ccccc1)N1C/C(=C\c2ccccc2Cl)[C@]2(ON=C(c3ccc(Cl)cc3)O2)[C@]2(C1)ON=C(c1ccc(Cl)cc1)[C@H]2c1ccccc1Cl. The highest BCUT2D eigenvalue weighted by atomic mass is 35.5. The van der Waals surface area contributed by atoms with Crippen LogP contribution < -0.4 is 0 Å². The summed E-state index contributed by atoms with van der Waals surface area (Å²) < 4.78 is 7.09. The van der Waals surface area contributed by atoms with Gasteiger partial charge in [-0.25, -0.2) is 0 Å².